The van der Waals surface area contributed by atoms with Crippen LogP contribution < -0.4 is 16.6 Å². The summed E-state index contributed by atoms with van der Waals surface area (Å²) in [6.45, 7) is 6.45. The number of carbonyl (C=O) groups excluding carboxylic acids is 1. The number of nitrogens with one attached hydrogen (secondary N) is 1. The highest BCUT2D eigenvalue weighted by molar-refractivity contribution is 5.94. The topological polar surface area (TPSA) is 109 Å². The van der Waals surface area contributed by atoms with Crippen molar-refractivity contribution in [2.45, 2.75) is 26.3 Å². The smallest absolute Gasteiger partial charge is 0.264 e. The Morgan fingerprint density at radius 2 is 1.82 bits per heavy atom. The van der Waals surface area contributed by atoms with Crippen LogP contribution in [0.1, 0.15) is 35.7 Å². The van der Waals surface area contributed by atoms with E-state index in [0.717, 1.165) is 44.6 Å². The maximum atomic E-state index is 13.2. The van der Waals surface area contributed by atoms with Crippen molar-refractivity contribution in [3.8, 4) is 0 Å². The zero-order valence-electron chi connectivity index (χ0n) is 19.3. The molecule has 0 atom stereocenters. The molecular weight excluding hydrogens is 418 g/mol. The summed E-state index contributed by atoms with van der Waals surface area (Å²) >= 11 is 0. The van der Waals surface area contributed by atoms with Gasteiger partial charge in [-0.2, -0.15) is 4.98 Å². The molecule has 1 amide bonds. The van der Waals surface area contributed by atoms with E-state index in [1.165, 1.54) is 0 Å². The Kier molecular flexibility index (Phi) is 6.88. The first-order chi connectivity index (χ1) is 16.0. The van der Waals surface area contributed by atoms with Gasteiger partial charge in [-0.1, -0.05) is 25.5 Å². The number of aromatic nitrogens is 3. The summed E-state index contributed by atoms with van der Waals surface area (Å²) in [7, 11) is 2.07. The van der Waals surface area contributed by atoms with E-state index in [0.29, 0.717) is 35.4 Å². The Labute approximate surface area is 193 Å². The monoisotopic (exact) mass is 449 g/mol. The van der Waals surface area contributed by atoms with Gasteiger partial charge in [0.2, 0.25) is 5.95 Å². The average molecular weight is 450 g/mol. The predicted molar refractivity (Wildman–Crippen MR) is 131 cm³/mol. The van der Waals surface area contributed by atoms with Gasteiger partial charge in [-0.3, -0.25) is 9.59 Å². The van der Waals surface area contributed by atoms with E-state index in [9.17, 15) is 9.59 Å². The summed E-state index contributed by atoms with van der Waals surface area (Å²) in [5.74, 6) is 0.660. The van der Waals surface area contributed by atoms with Crippen molar-refractivity contribution in [1.29, 1.82) is 0 Å². The summed E-state index contributed by atoms with van der Waals surface area (Å²) in [5.41, 5.74) is 7.78. The highest BCUT2D eigenvalue weighted by Gasteiger charge is 2.20. The molecule has 2 aromatic heterocycles. The molecule has 174 valence electrons. The molecule has 4 rings (SSSR count). The largest absolute Gasteiger partial charge is 0.369 e. The normalized spacial score (nSPS) is 14.5. The first kappa shape index (κ1) is 22.7. The molecule has 33 heavy (non-hydrogen) atoms. The van der Waals surface area contributed by atoms with Gasteiger partial charge in [0.1, 0.15) is 11.2 Å². The fourth-order valence-corrected chi connectivity index (χ4v) is 3.98. The number of rotatable bonds is 7. The van der Waals surface area contributed by atoms with Crippen LogP contribution in [0, 0.1) is 0 Å². The maximum Gasteiger partial charge on any atom is 0.264 e. The number of piperazine rings is 1. The molecule has 3 aromatic rings. The minimum atomic E-state index is -0.177. The Morgan fingerprint density at radius 3 is 2.52 bits per heavy atom. The number of unbranched alkanes of at least 4 members (excludes halogenated alkanes) is 1. The molecule has 3 N–H and O–H groups in total. The Hall–Kier alpha value is -3.46. The van der Waals surface area contributed by atoms with Gasteiger partial charge in [0.25, 0.3) is 11.5 Å². The van der Waals surface area contributed by atoms with Gasteiger partial charge < -0.3 is 25.4 Å². The van der Waals surface area contributed by atoms with Crippen LogP contribution >= 0.6 is 0 Å². The highest BCUT2D eigenvalue weighted by atomic mass is 16.2. The fraction of sp³-hybridized carbons (Fsp3) is 0.417. The van der Waals surface area contributed by atoms with E-state index in [1.54, 1.807) is 16.8 Å². The first-order valence-electron chi connectivity index (χ1n) is 11.4. The van der Waals surface area contributed by atoms with E-state index in [2.05, 4.69) is 34.2 Å². The van der Waals surface area contributed by atoms with Gasteiger partial charge in [-0.25, -0.2) is 4.98 Å². The van der Waals surface area contributed by atoms with Crippen molar-refractivity contribution in [1.82, 2.24) is 24.3 Å². The van der Waals surface area contributed by atoms with E-state index in [-0.39, 0.29) is 17.4 Å². The number of amides is 1. The van der Waals surface area contributed by atoms with E-state index in [1.807, 2.05) is 29.2 Å². The molecule has 0 spiro atoms. The van der Waals surface area contributed by atoms with Crippen LogP contribution in [-0.4, -0.2) is 70.0 Å². The fourth-order valence-electron chi connectivity index (χ4n) is 3.98. The molecule has 9 heteroatoms. The molecule has 1 saturated heterocycles. The number of nitrogens with two attached hydrogens (primary N) is 1. The molecule has 1 aliphatic rings. The standard InChI is InChI=1S/C24H31N7O2/c1-3-4-10-26-21-20-19(27-24(25)28-21)9-11-31(23(20)33)16-17-5-7-18(8-6-17)22(32)30-14-12-29(2)13-15-30/h5-9,11H,3-4,10,12-16H2,1-2H3,(H3,25,26,27,28). The van der Waals surface area contributed by atoms with Crippen molar-refractivity contribution in [3.05, 3.63) is 58.0 Å². The van der Waals surface area contributed by atoms with Gasteiger partial charge in [0.05, 0.1) is 12.1 Å². The van der Waals surface area contributed by atoms with Crippen LogP contribution in [0.2, 0.25) is 0 Å². The number of hydrogen-bond acceptors (Lipinski definition) is 7. The molecule has 0 radical (unpaired) electrons. The molecule has 0 bridgehead atoms. The lowest BCUT2D eigenvalue weighted by Gasteiger charge is -2.32. The maximum absolute atomic E-state index is 13.2. The third-order valence-corrected chi connectivity index (χ3v) is 6.01. The van der Waals surface area contributed by atoms with E-state index in [4.69, 9.17) is 5.73 Å². The SMILES string of the molecule is CCCCNc1nc(N)nc2ccn(Cc3ccc(C(=O)N4CCN(C)CC4)cc3)c(=O)c12. The molecule has 1 aromatic carbocycles. The van der Waals surface area contributed by atoms with Crippen LogP contribution in [0.5, 0.6) is 0 Å². The molecule has 1 fully saturated rings. The van der Waals surface area contributed by atoms with Crippen LogP contribution in [0.4, 0.5) is 11.8 Å². The Balaban J connectivity index is 1.54. The molecule has 9 nitrogen and oxygen atoms in total. The quantitative estimate of drug-likeness (QED) is 0.531. The summed E-state index contributed by atoms with van der Waals surface area (Å²) < 4.78 is 1.63. The number of carbonyl (C=O) groups is 1. The third-order valence-electron chi connectivity index (χ3n) is 6.01. The lowest BCUT2D eigenvalue weighted by molar-refractivity contribution is 0.0664. The van der Waals surface area contributed by atoms with Crippen molar-refractivity contribution >= 4 is 28.6 Å². The van der Waals surface area contributed by atoms with Crippen LogP contribution in [0.3, 0.4) is 0 Å². The zero-order valence-corrected chi connectivity index (χ0v) is 19.3. The van der Waals surface area contributed by atoms with Crippen LogP contribution in [0.15, 0.2) is 41.3 Å². The number of pyridine rings is 1. The van der Waals surface area contributed by atoms with E-state index >= 15 is 0 Å². The Morgan fingerprint density at radius 1 is 1.09 bits per heavy atom. The summed E-state index contributed by atoms with van der Waals surface area (Å²) in [6, 6.07) is 9.26. The molecule has 0 aliphatic carbocycles. The lowest BCUT2D eigenvalue weighted by Crippen LogP contribution is -2.47. The van der Waals surface area contributed by atoms with Gasteiger partial charge in [0.15, 0.2) is 0 Å². The second-order valence-corrected chi connectivity index (χ2v) is 8.51. The Bertz CT molecular complexity index is 1180. The van der Waals surface area contributed by atoms with E-state index < -0.39 is 0 Å². The van der Waals surface area contributed by atoms with Crippen molar-refractivity contribution in [2.75, 3.05) is 50.8 Å². The number of hydrogen-bond donors (Lipinski definition) is 2. The van der Waals surface area contributed by atoms with Gasteiger partial charge in [-0.05, 0) is 37.2 Å². The number of nitrogen functional groups attached to an aromatic ring is 1. The molecule has 1 aliphatic heterocycles. The van der Waals surface area contributed by atoms with Crippen LogP contribution in [0.25, 0.3) is 10.9 Å². The molecule has 0 unspecified atom stereocenters. The zero-order chi connectivity index (χ0) is 23.4. The lowest BCUT2D eigenvalue weighted by atomic mass is 10.1. The number of nitrogens with zero attached hydrogens (tertiary/aromatic N) is 5. The summed E-state index contributed by atoms with van der Waals surface area (Å²) in [5, 5.41) is 3.66. The predicted octanol–water partition coefficient (Wildman–Crippen LogP) is 2.02. The first-order valence-corrected chi connectivity index (χ1v) is 11.4. The summed E-state index contributed by atoms with van der Waals surface area (Å²) in [6.07, 6.45) is 3.71. The van der Waals surface area contributed by atoms with Gasteiger partial charge in [0, 0.05) is 44.5 Å². The second kappa shape index (κ2) is 9.99. The van der Waals surface area contributed by atoms with Gasteiger partial charge in [-0.15, -0.1) is 0 Å². The number of benzene rings is 1. The third kappa shape index (κ3) is 5.14. The molecular formula is C24H31N7O2. The van der Waals surface area contributed by atoms with Crippen molar-refractivity contribution in [3.63, 3.8) is 0 Å². The minimum Gasteiger partial charge on any atom is -0.369 e. The van der Waals surface area contributed by atoms with Crippen LogP contribution in [-0.2, 0) is 6.54 Å². The van der Waals surface area contributed by atoms with Crippen molar-refractivity contribution < 1.29 is 4.79 Å². The number of fused-ring (bicyclic) bond motifs is 1. The second-order valence-electron chi connectivity index (χ2n) is 8.51. The number of likely N-dealkylation sites (N-methyl/N-ethyl adjacent to an activating group) is 1. The minimum absolute atomic E-state index is 0.0510. The highest BCUT2D eigenvalue weighted by Crippen LogP contribution is 2.18. The average Bonchev–Trinajstić information content (AvgIpc) is 2.81. The van der Waals surface area contributed by atoms with Gasteiger partial charge >= 0.3 is 0 Å². The number of anilines is 2. The van der Waals surface area contributed by atoms with Crippen molar-refractivity contribution in [2.24, 2.45) is 0 Å². The molecule has 3 heterocycles. The summed E-state index contributed by atoms with van der Waals surface area (Å²) in [4.78, 5) is 38.6. The molecule has 0 saturated carbocycles.